The van der Waals surface area contributed by atoms with E-state index in [0.29, 0.717) is 11.3 Å². The maximum absolute atomic E-state index is 12.3. The minimum absolute atomic E-state index is 0.277. The fourth-order valence-electron chi connectivity index (χ4n) is 1.83. The van der Waals surface area contributed by atoms with E-state index in [1.165, 1.54) is 4.90 Å². The molecule has 20 heavy (non-hydrogen) atoms. The number of thioether (sulfide) groups is 1. The van der Waals surface area contributed by atoms with Crippen LogP contribution in [0.2, 0.25) is 0 Å². The predicted molar refractivity (Wildman–Crippen MR) is 81.0 cm³/mol. The fourth-order valence-corrected chi connectivity index (χ4v) is 3.19. The lowest BCUT2D eigenvalue weighted by molar-refractivity contribution is -0.145. The number of carbonyl (C=O) groups is 2. The normalized spacial score (nSPS) is 18.6. The molecule has 0 bridgehead atoms. The molecule has 104 valence electrons. The zero-order chi connectivity index (χ0) is 14.7. The average Bonchev–Trinajstić information content (AvgIpc) is 2.68. The molecule has 0 radical (unpaired) electrons. The number of rotatable bonds is 4. The van der Waals surface area contributed by atoms with Crippen molar-refractivity contribution in [2.75, 3.05) is 0 Å². The molecule has 1 aromatic rings. The van der Waals surface area contributed by atoms with E-state index < -0.39 is 12.0 Å². The molecular weight excluding hydrogens is 296 g/mol. The van der Waals surface area contributed by atoms with Crippen LogP contribution in [0.3, 0.4) is 0 Å². The van der Waals surface area contributed by atoms with E-state index in [-0.39, 0.29) is 10.2 Å². The van der Waals surface area contributed by atoms with Crippen molar-refractivity contribution in [1.29, 1.82) is 0 Å². The van der Waals surface area contributed by atoms with E-state index >= 15 is 0 Å². The molecule has 1 atom stereocenters. The number of aromatic nitrogens is 1. The van der Waals surface area contributed by atoms with Crippen LogP contribution in [0.1, 0.15) is 18.9 Å². The molecule has 7 heteroatoms. The van der Waals surface area contributed by atoms with Crippen molar-refractivity contribution >= 4 is 46.3 Å². The zero-order valence-corrected chi connectivity index (χ0v) is 12.3. The number of carboxylic acids is 1. The predicted octanol–water partition coefficient (Wildman–Crippen LogP) is 2.15. The van der Waals surface area contributed by atoms with Gasteiger partial charge in [0.25, 0.3) is 5.91 Å². The van der Waals surface area contributed by atoms with E-state index in [0.717, 1.165) is 17.3 Å². The maximum Gasteiger partial charge on any atom is 0.326 e. The number of carboxylic acid groups (broad SMARTS) is 1. The number of pyridine rings is 1. The van der Waals surface area contributed by atoms with Gasteiger partial charge >= 0.3 is 5.97 Å². The van der Waals surface area contributed by atoms with Crippen molar-refractivity contribution in [1.82, 2.24) is 9.88 Å². The van der Waals surface area contributed by atoms with Crippen molar-refractivity contribution in [3.63, 3.8) is 0 Å². The summed E-state index contributed by atoms with van der Waals surface area (Å²) in [6.45, 7) is 1.71. The van der Waals surface area contributed by atoms with Crippen LogP contribution >= 0.6 is 24.0 Å². The summed E-state index contributed by atoms with van der Waals surface area (Å²) < 4.78 is 0.277. The van der Waals surface area contributed by atoms with Gasteiger partial charge in [-0.05, 0) is 24.1 Å². The van der Waals surface area contributed by atoms with Gasteiger partial charge in [-0.15, -0.1) is 0 Å². The molecule has 0 aromatic carbocycles. The summed E-state index contributed by atoms with van der Waals surface area (Å²) in [5.74, 6) is -1.41. The van der Waals surface area contributed by atoms with Gasteiger partial charge in [-0.1, -0.05) is 37.0 Å². The van der Waals surface area contributed by atoms with E-state index in [1.807, 2.05) is 6.07 Å². The van der Waals surface area contributed by atoms with Crippen LogP contribution in [0.5, 0.6) is 0 Å². The smallest absolute Gasteiger partial charge is 0.326 e. The van der Waals surface area contributed by atoms with E-state index in [9.17, 15) is 9.59 Å². The Morgan fingerprint density at radius 1 is 1.65 bits per heavy atom. The van der Waals surface area contributed by atoms with Crippen LogP contribution < -0.4 is 0 Å². The van der Waals surface area contributed by atoms with Crippen LogP contribution in [-0.4, -0.2) is 37.2 Å². The molecule has 1 fully saturated rings. The van der Waals surface area contributed by atoms with Gasteiger partial charge in [-0.2, -0.15) is 0 Å². The summed E-state index contributed by atoms with van der Waals surface area (Å²) >= 11 is 6.24. The molecule has 2 rings (SSSR count). The Labute approximate surface area is 125 Å². The van der Waals surface area contributed by atoms with Gasteiger partial charge in [0.1, 0.15) is 10.4 Å². The van der Waals surface area contributed by atoms with Gasteiger partial charge in [0, 0.05) is 12.4 Å². The van der Waals surface area contributed by atoms with Crippen molar-refractivity contribution in [2.24, 2.45) is 0 Å². The quantitative estimate of drug-likeness (QED) is 0.679. The highest BCUT2D eigenvalue weighted by Gasteiger charge is 2.39. The monoisotopic (exact) mass is 308 g/mol. The van der Waals surface area contributed by atoms with Crippen LogP contribution in [0.15, 0.2) is 29.4 Å². The van der Waals surface area contributed by atoms with Crippen molar-refractivity contribution < 1.29 is 14.7 Å². The summed E-state index contributed by atoms with van der Waals surface area (Å²) in [4.78, 5) is 29.0. The molecular formula is C13H12N2O3S2. The summed E-state index contributed by atoms with van der Waals surface area (Å²) in [5.41, 5.74) is 0.774. The van der Waals surface area contributed by atoms with Gasteiger partial charge in [0.2, 0.25) is 0 Å². The largest absolute Gasteiger partial charge is 0.480 e. The molecule has 5 nitrogen and oxygen atoms in total. The number of carbonyl (C=O) groups excluding carboxylic acids is 1. The van der Waals surface area contributed by atoms with Gasteiger partial charge in [-0.25, -0.2) is 4.79 Å². The summed E-state index contributed by atoms with van der Waals surface area (Å²) in [6.07, 6.45) is 5.24. The summed E-state index contributed by atoms with van der Waals surface area (Å²) in [5, 5.41) is 9.15. The molecule has 1 saturated heterocycles. The third-order valence-corrected chi connectivity index (χ3v) is 4.12. The molecule has 1 aromatic heterocycles. The Morgan fingerprint density at radius 3 is 2.95 bits per heavy atom. The Balaban J connectivity index is 2.29. The van der Waals surface area contributed by atoms with Crippen molar-refractivity contribution in [3.8, 4) is 0 Å². The highest BCUT2D eigenvalue weighted by molar-refractivity contribution is 8.26. The highest BCUT2D eigenvalue weighted by Crippen LogP contribution is 2.34. The van der Waals surface area contributed by atoms with Crippen LogP contribution in [0.25, 0.3) is 6.08 Å². The molecule has 0 aliphatic carbocycles. The second-order valence-electron chi connectivity index (χ2n) is 4.10. The second-order valence-corrected chi connectivity index (χ2v) is 5.78. The number of hydrogen-bond acceptors (Lipinski definition) is 5. The van der Waals surface area contributed by atoms with E-state index in [2.05, 4.69) is 4.98 Å². The first kappa shape index (κ1) is 14.7. The Morgan fingerprint density at radius 2 is 2.40 bits per heavy atom. The van der Waals surface area contributed by atoms with E-state index in [4.69, 9.17) is 17.3 Å². The Hall–Kier alpha value is -1.73. The number of thiocarbonyl (C=S) groups is 1. The highest BCUT2D eigenvalue weighted by atomic mass is 32.2. The van der Waals surface area contributed by atoms with Gasteiger partial charge in [0.15, 0.2) is 0 Å². The molecule has 0 saturated carbocycles. The second kappa shape index (κ2) is 6.15. The fraction of sp³-hybridized carbons (Fsp3) is 0.231. The van der Waals surface area contributed by atoms with Crippen LogP contribution in [-0.2, 0) is 9.59 Å². The van der Waals surface area contributed by atoms with Gasteiger partial charge in [-0.3, -0.25) is 14.7 Å². The lowest BCUT2D eigenvalue weighted by Gasteiger charge is -2.21. The minimum atomic E-state index is -1.05. The number of aliphatic carboxylic acids is 1. The topological polar surface area (TPSA) is 70.5 Å². The molecule has 2 heterocycles. The minimum Gasteiger partial charge on any atom is -0.480 e. The first-order valence-electron chi connectivity index (χ1n) is 5.94. The first-order valence-corrected chi connectivity index (χ1v) is 7.17. The standard InChI is InChI=1S/C13H12N2O3S2/c1-2-9(12(17)18)15-11(16)10(20-13(15)19)6-8-4-3-5-14-7-8/h3-7,9H,2H2,1H3,(H,17,18)/b10-6+. The van der Waals surface area contributed by atoms with Crippen molar-refractivity contribution in [3.05, 3.63) is 35.0 Å². The first-order chi connectivity index (χ1) is 9.54. The molecule has 0 spiro atoms. The van der Waals surface area contributed by atoms with Gasteiger partial charge in [0.05, 0.1) is 4.91 Å². The SMILES string of the molecule is CCC(C(=O)O)N1C(=O)/C(=C\c2cccnc2)SC1=S. The number of hydrogen-bond donors (Lipinski definition) is 1. The molecule has 1 N–H and O–H groups in total. The lowest BCUT2D eigenvalue weighted by Crippen LogP contribution is -2.43. The zero-order valence-electron chi connectivity index (χ0n) is 10.6. The Kier molecular flexibility index (Phi) is 4.51. The number of nitrogens with zero attached hydrogens (tertiary/aromatic N) is 2. The van der Waals surface area contributed by atoms with Gasteiger partial charge < -0.3 is 5.11 Å². The average molecular weight is 308 g/mol. The Bertz CT molecular complexity index is 587. The van der Waals surface area contributed by atoms with Crippen LogP contribution in [0.4, 0.5) is 0 Å². The summed E-state index contributed by atoms with van der Waals surface area (Å²) in [7, 11) is 0. The van der Waals surface area contributed by atoms with E-state index in [1.54, 1.807) is 31.5 Å². The maximum atomic E-state index is 12.3. The number of amides is 1. The molecule has 1 unspecified atom stereocenters. The molecule has 1 aliphatic rings. The molecule has 1 aliphatic heterocycles. The summed E-state index contributed by atoms with van der Waals surface area (Å²) in [6, 6.07) is 2.66. The van der Waals surface area contributed by atoms with Crippen LogP contribution in [0, 0.1) is 0 Å². The van der Waals surface area contributed by atoms with Crippen molar-refractivity contribution in [2.45, 2.75) is 19.4 Å². The molecule has 1 amide bonds. The lowest BCUT2D eigenvalue weighted by atomic mass is 10.2. The third kappa shape index (κ3) is 2.88. The third-order valence-electron chi connectivity index (χ3n) is 2.79.